The van der Waals surface area contributed by atoms with Gasteiger partial charge in [0.05, 0.1) is 0 Å². The molecule has 1 aromatic carbocycles. The van der Waals surface area contributed by atoms with E-state index in [2.05, 4.69) is 0 Å². The Bertz CT molecular complexity index is 409. The van der Waals surface area contributed by atoms with Crippen molar-refractivity contribution in [2.45, 2.75) is 32.7 Å². The van der Waals surface area contributed by atoms with E-state index in [9.17, 15) is 8.78 Å². The molecule has 3 nitrogen and oxygen atoms in total. The van der Waals surface area contributed by atoms with Crippen molar-refractivity contribution in [1.82, 2.24) is 0 Å². The standard InChI is InChI=1S/C14H22F2O3Si/c1-4-18-20(17-3,19-5-2)10-6-7-12-8-9-13(15)14(16)11-12/h8-9,11H,4-7,10H2,1-3H3. The molecule has 0 fully saturated rings. The highest BCUT2D eigenvalue weighted by molar-refractivity contribution is 6.60. The molecule has 1 rings (SSSR count). The van der Waals surface area contributed by atoms with Crippen LogP contribution in [0.5, 0.6) is 0 Å². The van der Waals surface area contributed by atoms with Crippen molar-refractivity contribution in [3.05, 3.63) is 35.4 Å². The SMILES string of the molecule is CCO[Si](CCCc1ccc(F)c(F)c1)(OC)OCC. The maximum atomic E-state index is 13.1. The fourth-order valence-corrected chi connectivity index (χ4v) is 4.35. The Morgan fingerprint density at radius 3 is 2.20 bits per heavy atom. The molecular weight excluding hydrogens is 282 g/mol. The largest absolute Gasteiger partial charge is 0.500 e. The van der Waals surface area contributed by atoms with Crippen LogP contribution >= 0.6 is 0 Å². The summed E-state index contributed by atoms with van der Waals surface area (Å²) in [5.74, 6) is -1.63. The number of hydrogen-bond donors (Lipinski definition) is 0. The predicted molar refractivity (Wildman–Crippen MR) is 75.5 cm³/mol. The third kappa shape index (κ3) is 4.94. The molecule has 0 aliphatic heterocycles. The van der Waals surface area contributed by atoms with Gasteiger partial charge in [0.15, 0.2) is 11.6 Å². The zero-order valence-electron chi connectivity index (χ0n) is 12.2. The van der Waals surface area contributed by atoms with Gasteiger partial charge in [0.1, 0.15) is 0 Å². The van der Waals surface area contributed by atoms with Gasteiger partial charge in [-0.3, -0.25) is 0 Å². The van der Waals surface area contributed by atoms with Gasteiger partial charge in [-0.1, -0.05) is 6.07 Å². The van der Waals surface area contributed by atoms with Crippen LogP contribution in [0.3, 0.4) is 0 Å². The third-order valence-corrected chi connectivity index (χ3v) is 6.02. The summed E-state index contributed by atoms with van der Waals surface area (Å²) in [6.45, 7) is 4.86. The van der Waals surface area contributed by atoms with Gasteiger partial charge in [-0.2, -0.15) is 0 Å². The molecule has 6 heteroatoms. The lowest BCUT2D eigenvalue weighted by atomic mass is 10.1. The van der Waals surface area contributed by atoms with Crippen LogP contribution in [0.15, 0.2) is 18.2 Å². The van der Waals surface area contributed by atoms with E-state index >= 15 is 0 Å². The van der Waals surface area contributed by atoms with Crippen molar-refractivity contribution >= 4 is 8.80 Å². The van der Waals surface area contributed by atoms with Crippen LogP contribution in [0, 0.1) is 11.6 Å². The topological polar surface area (TPSA) is 27.7 Å². The summed E-state index contributed by atoms with van der Waals surface area (Å²) in [6, 6.07) is 4.63. The van der Waals surface area contributed by atoms with Gasteiger partial charge in [-0.15, -0.1) is 0 Å². The molecule has 0 N–H and O–H groups in total. The second kappa shape index (κ2) is 8.46. The molecule has 0 heterocycles. The third-order valence-electron chi connectivity index (χ3n) is 2.97. The van der Waals surface area contributed by atoms with E-state index in [0.29, 0.717) is 25.7 Å². The lowest BCUT2D eigenvalue weighted by molar-refractivity contribution is 0.0861. The van der Waals surface area contributed by atoms with Gasteiger partial charge >= 0.3 is 8.80 Å². The Balaban J connectivity index is 2.56. The van der Waals surface area contributed by atoms with E-state index in [1.54, 1.807) is 13.2 Å². The van der Waals surface area contributed by atoms with E-state index in [1.165, 1.54) is 6.07 Å². The number of benzene rings is 1. The minimum Gasteiger partial charge on any atom is -0.377 e. The van der Waals surface area contributed by atoms with Crippen LogP contribution in [0.25, 0.3) is 0 Å². The van der Waals surface area contributed by atoms with E-state index in [1.807, 2.05) is 13.8 Å². The van der Waals surface area contributed by atoms with Gasteiger partial charge in [0.2, 0.25) is 0 Å². The zero-order chi connectivity index (χ0) is 15.0. The first kappa shape index (κ1) is 17.2. The maximum Gasteiger partial charge on any atom is 0.500 e. The molecule has 0 amide bonds. The lowest BCUT2D eigenvalue weighted by Crippen LogP contribution is -2.44. The van der Waals surface area contributed by atoms with Gasteiger partial charge in [0.25, 0.3) is 0 Å². The van der Waals surface area contributed by atoms with Crippen LogP contribution in [0.1, 0.15) is 25.8 Å². The van der Waals surface area contributed by atoms with Crippen molar-refractivity contribution in [3.63, 3.8) is 0 Å². The van der Waals surface area contributed by atoms with Crippen LogP contribution in [-0.4, -0.2) is 29.1 Å². The van der Waals surface area contributed by atoms with Gasteiger partial charge in [-0.05, 0) is 44.4 Å². The quantitative estimate of drug-likeness (QED) is 0.653. The van der Waals surface area contributed by atoms with E-state index in [0.717, 1.165) is 18.1 Å². The minimum atomic E-state index is -2.62. The predicted octanol–water partition coefficient (Wildman–Crippen LogP) is 3.56. The van der Waals surface area contributed by atoms with Gasteiger partial charge in [-0.25, -0.2) is 8.78 Å². The van der Waals surface area contributed by atoms with Crippen LogP contribution in [0.4, 0.5) is 8.78 Å². The molecule has 0 saturated heterocycles. The smallest absolute Gasteiger partial charge is 0.377 e. The molecule has 0 unspecified atom stereocenters. The Hall–Kier alpha value is -0.823. The van der Waals surface area contributed by atoms with Crippen molar-refractivity contribution in [3.8, 4) is 0 Å². The molecular formula is C14H22F2O3Si. The van der Waals surface area contributed by atoms with Gasteiger partial charge < -0.3 is 13.3 Å². The van der Waals surface area contributed by atoms with Crippen molar-refractivity contribution < 1.29 is 22.1 Å². The van der Waals surface area contributed by atoms with E-state index < -0.39 is 20.4 Å². The summed E-state index contributed by atoms with van der Waals surface area (Å²) in [7, 11) is -1.02. The highest BCUT2D eigenvalue weighted by Crippen LogP contribution is 2.19. The second-order valence-corrected chi connectivity index (χ2v) is 7.21. The fraction of sp³-hybridized carbons (Fsp3) is 0.571. The molecule has 0 saturated carbocycles. The zero-order valence-corrected chi connectivity index (χ0v) is 13.2. The van der Waals surface area contributed by atoms with Crippen LogP contribution < -0.4 is 0 Å². The summed E-state index contributed by atoms with van der Waals surface area (Å²) in [6.07, 6.45) is 1.38. The van der Waals surface area contributed by atoms with Crippen LogP contribution in [0.2, 0.25) is 6.04 Å². The first-order valence-corrected chi connectivity index (χ1v) is 8.77. The van der Waals surface area contributed by atoms with Crippen molar-refractivity contribution in [2.24, 2.45) is 0 Å². The molecule has 20 heavy (non-hydrogen) atoms. The van der Waals surface area contributed by atoms with Crippen LogP contribution in [-0.2, 0) is 19.7 Å². The second-order valence-electron chi connectivity index (χ2n) is 4.36. The Labute approximate surface area is 120 Å². The monoisotopic (exact) mass is 304 g/mol. The molecule has 114 valence electrons. The van der Waals surface area contributed by atoms with Gasteiger partial charge in [0, 0.05) is 26.4 Å². The summed E-state index contributed by atoms with van der Waals surface area (Å²) >= 11 is 0. The molecule has 0 aliphatic carbocycles. The first-order valence-electron chi connectivity index (χ1n) is 6.84. The van der Waals surface area contributed by atoms with Crippen molar-refractivity contribution in [1.29, 1.82) is 0 Å². The van der Waals surface area contributed by atoms with E-state index in [-0.39, 0.29) is 0 Å². The average Bonchev–Trinajstić information content (AvgIpc) is 2.43. The lowest BCUT2D eigenvalue weighted by Gasteiger charge is -2.27. The number of halogens is 2. The van der Waals surface area contributed by atoms with E-state index in [4.69, 9.17) is 13.3 Å². The first-order chi connectivity index (χ1) is 9.56. The Morgan fingerprint density at radius 1 is 1.05 bits per heavy atom. The maximum absolute atomic E-state index is 13.1. The minimum absolute atomic E-state index is 0.533. The Morgan fingerprint density at radius 2 is 1.70 bits per heavy atom. The normalized spacial score (nSPS) is 11.8. The highest BCUT2D eigenvalue weighted by atomic mass is 28.4. The number of aryl methyl sites for hydroxylation is 1. The molecule has 0 aliphatic rings. The summed E-state index contributed by atoms with van der Waals surface area (Å²) in [4.78, 5) is 0. The molecule has 0 aromatic heterocycles. The highest BCUT2D eigenvalue weighted by Gasteiger charge is 2.38. The van der Waals surface area contributed by atoms with Crippen molar-refractivity contribution in [2.75, 3.05) is 20.3 Å². The fourth-order valence-electron chi connectivity index (χ4n) is 2.05. The Kier molecular flexibility index (Phi) is 7.29. The average molecular weight is 304 g/mol. The molecule has 0 atom stereocenters. The number of hydrogen-bond acceptors (Lipinski definition) is 3. The molecule has 1 aromatic rings. The molecule has 0 spiro atoms. The summed E-state index contributed by atoms with van der Waals surface area (Å²) in [5.41, 5.74) is 0.760. The molecule has 0 bridgehead atoms. The summed E-state index contributed by atoms with van der Waals surface area (Å²) < 4.78 is 42.7. The molecule has 0 radical (unpaired) electrons. The number of rotatable bonds is 9. The summed E-state index contributed by atoms with van der Waals surface area (Å²) in [5, 5.41) is 0.